The third kappa shape index (κ3) is 3.43. The first-order valence-corrected chi connectivity index (χ1v) is 6.89. The van der Waals surface area contributed by atoms with E-state index in [1.807, 2.05) is 24.3 Å². The molecule has 0 fully saturated rings. The quantitative estimate of drug-likeness (QED) is 0.789. The van der Waals surface area contributed by atoms with Crippen molar-refractivity contribution < 1.29 is 9.50 Å². The summed E-state index contributed by atoms with van der Waals surface area (Å²) in [6.45, 7) is 0. The highest BCUT2D eigenvalue weighted by atomic mass is 127. The summed E-state index contributed by atoms with van der Waals surface area (Å²) < 4.78 is 14.4. The molecule has 1 N–H and O–H groups in total. The molecule has 1 nitrogen and oxygen atoms in total. The highest BCUT2D eigenvalue weighted by Crippen LogP contribution is 2.22. The Morgan fingerprint density at radius 3 is 2.44 bits per heavy atom. The van der Waals surface area contributed by atoms with Crippen LogP contribution in [0.5, 0.6) is 0 Å². The van der Waals surface area contributed by atoms with Crippen molar-refractivity contribution in [3.8, 4) is 0 Å². The lowest BCUT2D eigenvalue weighted by atomic mass is 10.0. The van der Waals surface area contributed by atoms with Crippen molar-refractivity contribution in [2.45, 2.75) is 12.5 Å². The van der Waals surface area contributed by atoms with Crippen LogP contribution in [-0.2, 0) is 6.42 Å². The van der Waals surface area contributed by atoms with Crippen molar-refractivity contribution in [1.82, 2.24) is 0 Å². The Hall–Kier alpha value is -0.650. The van der Waals surface area contributed by atoms with Gasteiger partial charge in [0.25, 0.3) is 0 Å². The first-order chi connectivity index (χ1) is 8.56. The average molecular weight is 377 g/mol. The minimum atomic E-state index is -0.637. The van der Waals surface area contributed by atoms with Gasteiger partial charge >= 0.3 is 0 Å². The largest absolute Gasteiger partial charge is 0.388 e. The first kappa shape index (κ1) is 13.8. The fraction of sp³-hybridized carbons (Fsp3) is 0.143. The van der Waals surface area contributed by atoms with Crippen LogP contribution in [0, 0.1) is 9.39 Å². The molecule has 4 heteroatoms. The fourth-order valence-electron chi connectivity index (χ4n) is 1.69. The number of hydrogen-bond acceptors (Lipinski definition) is 1. The summed E-state index contributed by atoms with van der Waals surface area (Å²) in [6, 6.07) is 12.2. The van der Waals surface area contributed by atoms with Crippen LogP contribution in [0.4, 0.5) is 4.39 Å². The van der Waals surface area contributed by atoms with E-state index in [1.54, 1.807) is 6.07 Å². The van der Waals surface area contributed by atoms with E-state index in [1.165, 1.54) is 12.1 Å². The van der Waals surface area contributed by atoms with Gasteiger partial charge in [-0.25, -0.2) is 4.39 Å². The predicted molar refractivity (Wildman–Crippen MR) is 79.2 cm³/mol. The van der Waals surface area contributed by atoms with Gasteiger partial charge in [-0.15, -0.1) is 0 Å². The molecule has 0 spiro atoms. The van der Waals surface area contributed by atoms with Crippen molar-refractivity contribution >= 4 is 34.2 Å². The number of halogens is 3. The molecule has 0 aliphatic heterocycles. The van der Waals surface area contributed by atoms with Crippen LogP contribution in [0.25, 0.3) is 0 Å². The second kappa shape index (κ2) is 5.99. The molecule has 1 unspecified atom stereocenters. The van der Waals surface area contributed by atoms with Gasteiger partial charge < -0.3 is 5.11 Å². The molecule has 0 saturated carbocycles. The van der Waals surface area contributed by atoms with Crippen LogP contribution < -0.4 is 0 Å². The molecular formula is C14H11ClFIO. The fourth-order valence-corrected chi connectivity index (χ4v) is 2.17. The Morgan fingerprint density at radius 1 is 1.17 bits per heavy atom. The van der Waals surface area contributed by atoms with Gasteiger partial charge in [0.05, 0.1) is 11.1 Å². The topological polar surface area (TPSA) is 20.2 Å². The number of hydrogen-bond donors (Lipinski definition) is 1. The summed E-state index contributed by atoms with van der Waals surface area (Å²) in [7, 11) is 0. The van der Waals surface area contributed by atoms with E-state index in [0.717, 1.165) is 14.7 Å². The maximum absolute atomic E-state index is 13.3. The summed E-state index contributed by atoms with van der Waals surface area (Å²) in [6.07, 6.45) is -0.267. The van der Waals surface area contributed by atoms with Crippen molar-refractivity contribution in [2.75, 3.05) is 0 Å². The van der Waals surface area contributed by atoms with E-state index < -0.39 is 11.9 Å². The molecule has 0 heterocycles. The highest BCUT2D eigenvalue weighted by Gasteiger charge is 2.10. The summed E-state index contributed by atoms with van der Waals surface area (Å²) in [4.78, 5) is 0. The Kier molecular flexibility index (Phi) is 4.59. The van der Waals surface area contributed by atoms with Crippen molar-refractivity contribution in [3.63, 3.8) is 0 Å². The van der Waals surface area contributed by atoms with Gasteiger partial charge in [-0.3, -0.25) is 0 Å². The lowest BCUT2D eigenvalue weighted by Crippen LogP contribution is -2.02. The molecule has 1 atom stereocenters. The molecule has 0 aliphatic carbocycles. The van der Waals surface area contributed by atoms with Gasteiger partial charge in [-0.1, -0.05) is 29.8 Å². The molecule has 0 amide bonds. The van der Waals surface area contributed by atoms with E-state index in [4.69, 9.17) is 11.6 Å². The summed E-state index contributed by atoms with van der Waals surface area (Å²) in [5.74, 6) is -0.455. The Balaban J connectivity index is 2.13. The predicted octanol–water partition coefficient (Wildman–Crippen LogP) is 4.36. The van der Waals surface area contributed by atoms with Crippen LogP contribution >= 0.6 is 34.2 Å². The molecule has 2 aromatic carbocycles. The van der Waals surface area contributed by atoms with Gasteiger partial charge in [0.15, 0.2) is 0 Å². The van der Waals surface area contributed by atoms with E-state index in [0.29, 0.717) is 6.42 Å². The lowest BCUT2D eigenvalue weighted by Gasteiger charge is -2.11. The normalized spacial score (nSPS) is 12.4. The molecule has 94 valence electrons. The summed E-state index contributed by atoms with van der Waals surface area (Å²) >= 11 is 7.82. The van der Waals surface area contributed by atoms with Gasteiger partial charge in [-0.05, 0) is 58.0 Å². The Labute approximate surface area is 124 Å². The molecule has 18 heavy (non-hydrogen) atoms. The smallest absolute Gasteiger partial charge is 0.142 e. The van der Waals surface area contributed by atoms with Gasteiger partial charge in [0.1, 0.15) is 5.82 Å². The number of benzene rings is 2. The maximum Gasteiger partial charge on any atom is 0.142 e. The number of aliphatic hydroxyl groups excluding tert-OH is 1. The summed E-state index contributed by atoms with van der Waals surface area (Å²) in [5.41, 5.74) is 1.55. The first-order valence-electron chi connectivity index (χ1n) is 5.44. The summed E-state index contributed by atoms with van der Waals surface area (Å²) in [5, 5.41) is 10.2. The molecule has 0 radical (unpaired) electrons. The van der Waals surface area contributed by atoms with E-state index in [9.17, 15) is 9.50 Å². The minimum absolute atomic E-state index is 0.0995. The van der Waals surface area contributed by atoms with Crippen LogP contribution in [0.2, 0.25) is 5.02 Å². The maximum atomic E-state index is 13.3. The molecule has 0 aliphatic rings. The Bertz CT molecular complexity index is 542. The van der Waals surface area contributed by atoms with Crippen molar-refractivity contribution in [2.24, 2.45) is 0 Å². The lowest BCUT2D eigenvalue weighted by molar-refractivity contribution is 0.178. The third-order valence-corrected chi connectivity index (χ3v) is 3.69. The van der Waals surface area contributed by atoms with E-state index >= 15 is 0 Å². The van der Waals surface area contributed by atoms with Crippen LogP contribution in [0.15, 0.2) is 42.5 Å². The average Bonchev–Trinajstić information content (AvgIpc) is 2.34. The standard InChI is InChI=1S/C14H11ClFIO/c15-12-6-1-9(7-13(12)16)8-14(18)10-2-4-11(17)5-3-10/h1-7,14,18H,8H2. The van der Waals surface area contributed by atoms with Crippen LogP contribution in [0.1, 0.15) is 17.2 Å². The zero-order valence-corrected chi connectivity index (χ0v) is 12.3. The molecule has 2 aromatic rings. The zero-order valence-electron chi connectivity index (χ0n) is 9.41. The van der Waals surface area contributed by atoms with Gasteiger partial charge in [-0.2, -0.15) is 0 Å². The molecule has 0 saturated heterocycles. The monoisotopic (exact) mass is 376 g/mol. The van der Waals surface area contributed by atoms with Gasteiger partial charge in [0.2, 0.25) is 0 Å². The van der Waals surface area contributed by atoms with Crippen LogP contribution in [0.3, 0.4) is 0 Å². The van der Waals surface area contributed by atoms with E-state index in [2.05, 4.69) is 22.6 Å². The second-order valence-corrected chi connectivity index (χ2v) is 5.67. The SMILES string of the molecule is OC(Cc1ccc(Cl)c(F)c1)c1ccc(I)cc1. The molecule has 0 aromatic heterocycles. The molecule has 0 bridgehead atoms. The van der Waals surface area contributed by atoms with Crippen molar-refractivity contribution in [3.05, 3.63) is 68.0 Å². The Morgan fingerprint density at radius 2 is 1.83 bits per heavy atom. The van der Waals surface area contributed by atoms with Gasteiger partial charge in [0, 0.05) is 9.99 Å². The second-order valence-electron chi connectivity index (χ2n) is 4.02. The minimum Gasteiger partial charge on any atom is -0.388 e. The van der Waals surface area contributed by atoms with E-state index in [-0.39, 0.29) is 5.02 Å². The molecular weight excluding hydrogens is 366 g/mol. The number of aliphatic hydroxyl groups is 1. The number of rotatable bonds is 3. The highest BCUT2D eigenvalue weighted by molar-refractivity contribution is 14.1. The van der Waals surface area contributed by atoms with Crippen LogP contribution in [-0.4, -0.2) is 5.11 Å². The third-order valence-electron chi connectivity index (χ3n) is 2.67. The molecule has 2 rings (SSSR count). The zero-order chi connectivity index (χ0) is 13.1. The van der Waals surface area contributed by atoms with Crippen molar-refractivity contribution in [1.29, 1.82) is 0 Å².